The van der Waals surface area contributed by atoms with E-state index < -0.39 is 0 Å². The highest BCUT2D eigenvalue weighted by atomic mass is 15.1. The Hall–Kier alpha value is -0.830. The zero-order chi connectivity index (χ0) is 9.76. The monoisotopic (exact) mass is 191 g/mol. The quantitative estimate of drug-likeness (QED) is 0.768. The molecule has 1 aromatic heterocycles. The topological polar surface area (TPSA) is 29.9 Å². The summed E-state index contributed by atoms with van der Waals surface area (Å²) in [4.78, 5) is 4.29. The molecule has 2 aliphatic rings. The van der Waals surface area contributed by atoms with Gasteiger partial charge in [-0.15, -0.1) is 0 Å². The Morgan fingerprint density at radius 3 is 2.71 bits per heavy atom. The van der Waals surface area contributed by atoms with Crippen LogP contribution in [-0.2, 0) is 0 Å². The molecule has 2 fully saturated rings. The molecule has 76 valence electrons. The molecule has 1 N–H and O–H groups in total. The predicted octanol–water partition coefficient (Wildman–Crippen LogP) is 1.54. The lowest BCUT2D eigenvalue weighted by atomic mass is 9.99. The van der Waals surface area contributed by atoms with Crippen LogP contribution in [0, 0.1) is 5.41 Å². The Morgan fingerprint density at radius 1 is 1.50 bits per heavy atom. The number of nitrogens with one attached hydrogen (secondary N) is 1. The molecule has 1 saturated carbocycles. The molecule has 1 unspecified atom stereocenters. The maximum absolute atomic E-state index is 4.29. The van der Waals surface area contributed by atoms with E-state index in [0.29, 0.717) is 17.4 Å². The summed E-state index contributed by atoms with van der Waals surface area (Å²) in [6.07, 6.45) is 5.35. The summed E-state index contributed by atoms with van der Waals surface area (Å²) in [7, 11) is 0. The van der Waals surface area contributed by atoms with Gasteiger partial charge < -0.3 is 9.88 Å². The predicted molar refractivity (Wildman–Crippen MR) is 55.3 cm³/mol. The average molecular weight is 191 g/mol. The maximum Gasteiger partial charge on any atom is 0.0951 e. The first-order chi connectivity index (χ1) is 6.68. The largest absolute Gasteiger partial charge is 0.331 e. The van der Waals surface area contributed by atoms with E-state index in [1.54, 1.807) is 0 Å². The molecule has 2 heterocycles. The third kappa shape index (κ3) is 1.12. The van der Waals surface area contributed by atoms with Gasteiger partial charge in [0, 0.05) is 36.9 Å². The lowest BCUT2D eigenvalue weighted by molar-refractivity contribution is 0.414. The van der Waals surface area contributed by atoms with E-state index in [1.807, 2.05) is 12.5 Å². The minimum absolute atomic E-state index is 0.493. The van der Waals surface area contributed by atoms with Gasteiger partial charge in [0.2, 0.25) is 0 Å². The number of imidazole rings is 1. The summed E-state index contributed by atoms with van der Waals surface area (Å²) >= 11 is 0. The lowest BCUT2D eigenvalue weighted by Crippen LogP contribution is -2.40. The Balaban J connectivity index is 1.87. The number of hydrogen-bond acceptors (Lipinski definition) is 2. The number of rotatable bonds is 2. The average Bonchev–Trinajstić information content (AvgIpc) is 2.49. The van der Waals surface area contributed by atoms with E-state index in [4.69, 9.17) is 0 Å². The SMILES string of the molecule is CC1(C)CC1n1cncc1C1CNC1. The third-order valence-electron chi connectivity index (χ3n) is 3.69. The molecule has 0 aromatic carbocycles. The van der Waals surface area contributed by atoms with Crippen LogP contribution in [-0.4, -0.2) is 22.6 Å². The second-order valence-electron chi connectivity index (χ2n) is 5.29. The summed E-state index contributed by atoms with van der Waals surface area (Å²) in [5.41, 5.74) is 1.92. The smallest absolute Gasteiger partial charge is 0.0951 e. The van der Waals surface area contributed by atoms with Gasteiger partial charge in [-0.05, 0) is 11.8 Å². The summed E-state index contributed by atoms with van der Waals surface area (Å²) in [6, 6.07) is 0.695. The molecule has 3 heteroatoms. The van der Waals surface area contributed by atoms with Crippen LogP contribution in [0.25, 0.3) is 0 Å². The van der Waals surface area contributed by atoms with Crippen LogP contribution < -0.4 is 5.32 Å². The van der Waals surface area contributed by atoms with E-state index in [9.17, 15) is 0 Å². The van der Waals surface area contributed by atoms with Crippen LogP contribution in [0.15, 0.2) is 12.5 Å². The molecule has 1 aliphatic heterocycles. The molecular weight excluding hydrogens is 174 g/mol. The minimum atomic E-state index is 0.493. The van der Waals surface area contributed by atoms with E-state index in [-0.39, 0.29) is 0 Å². The number of hydrogen-bond donors (Lipinski definition) is 1. The van der Waals surface area contributed by atoms with Crippen LogP contribution in [0.1, 0.15) is 37.9 Å². The fourth-order valence-electron chi connectivity index (χ4n) is 2.30. The van der Waals surface area contributed by atoms with Gasteiger partial charge >= 0.3 is 0 Å². The molecule has 3 rings (SSSR count). The van der Waals surface area contributed by atoms with Gasteiger partial charge in [-0.25, -0.2) is 4.98 Å². The van der Waals surface area contributed by atoms with E-state index in [0.717, 1.165) is 13.1 Å². The van der Waals surface area contributed by atoms with Crippen molar-refractivity contribution in [3.8, 4) is 0 Å². The van der Waals surface area contributed by atoms with Crippen molar-refractivity contribution in [2.45, 2.75) is 32.2 Å². The van der Waals surface area contributed by atoms with Crippen LogP contribution in [0.5, 0.6) is 0 Å². The van der Waals surface area contributed by atoms with E-state index >= 15 is 0 Å². The lowest BCUT2D eigenvalue weighted by Gasteiger charge is -2.28. The van der Waals surface area contributed by atoms with Crippen molar-refractivity contribution in [1.82, 2.24) is 14.9 Å². The Morgan fingerprint density at radius 2 is 2.21 bits per heavy atom. The third-order valence-corrected chi connectivity index (χ3v) is 3.69. The molecule has 1 aromatic rings. The Kier molecular flexibility index (Phi) is 1.57. The van der Waals surface area contributed by atoms with Crippen molar-refractivity contribution in [2.75, 3.05) is 13.1 Å². The molecule has 0 spiro atoms. The standard InChI is InChI=1S/C11H17N3/c1-11(2)3-10(11)14-7-13-6-9(14)8-4-12-5-8/h6-8,10,12H,3-5H2,1-2H3. The zero-order valence-corrected chi connectivity index (χ0v) is 8.83. The molecular formula is C11H17N3. The van der Waals surface area contributed by atoms with E-state index in [1.165, 1.54) is 12.1 Å². The highest BCUT2D eigenvalue weighted by Gasteiger charge is 2.48. The first-order valence-corrected chi connectivity index (χ1v) is 5.41. The van der Waals surface area contributed by atoms with Gasteiger partial charge in [0.25, 0.3) is 0 Å². The normalized spacial score (nSPS) is 30.0. The van der Waals surface area contributed by atoms with Crippen LogP contribution in [0.3, 0.4) is 0 Å². The summed E-state index contributed by atoms with van der Waals surface area (Å²) in [5, 5.41) is 3.32. The van der Waals surface area contributed by atoms with Crippen molar-refractivity contribution in [1.29, 1.82) is 0 Å². The Bertz CT molecular complexity index is 349. The molecule has 1 atom stereocenters. The Labute approximate surface area is 84.5 Å². The second-order valence-corrected chi connectivity index (χ2v) is 5.29. The highest BCUT2D eigenvalue weighted by Crippen LogP contribution is 2.56. The van der Waals surface area contributed by atoms with Crippen molar-refractivity contribution < 1.29 is 0 Å². The molecule has 0 amide bonds. The zero-order valence-electron chi connectivity index (χ0n) is 8.83. The van der Waals surface area contributed by atoms with Gasteiger partial charge in [0.15, 0.2) is 0 Å². The van der Waals surface area contributed by atoms with Crippen molar-refractivity contribution in [3.05, 3.63) is 18.2 Å². The first kappa shape index (κ1) is 8.48. The van der Waals surface area contributed by atoms with Crippen molar-refractivity contribution in [2.24, 2.45) is 5.41 Å². The molecule has 0 bridgehead atoms. The maximum atomic E-state index is 4.29. The summed E-state index contributed by atoms with van der Waals surface area (Å²) in [5.74, 6) is 0.703. The van der Waals surface area contributed by atoms with E-state index in [2.05, 4.69) is 28.7 Å². The second kappa shape index (κ2) is 2.60. The van der Waals surface area contributed by atoms with Gasteiger partial charge in [-0.2, -0.15) is 0 Å². The van der Waals surface area contributed by atoms with Crippen LogP contribution >= 0.6 is 0 Å². The number of nitrogens with zero attached hydrogens (tertiary/aromatic N) is 2. The summed E-state index contributed by atoms with van der Waals surface area (Å²) < 4.78 is 2.39. The highest BCUT2D eigenvalue weighted by molar-refractivity contribution is 5.16. The molecule has 3 nitrogen and oxygen atoms in total. The van der Waals surface area contributed by atoms with Crippen molar-refractivity contribution >= 4 is 0 Å². The fraction of sp³-hybridized carbons (Fsp3) is 0.727. The van der Waals surface area contributed by atoms with Gasteiger partial charge in [0.05, 0.1) is 6.33 Å². The first-order valence-electron chi connectivity index (χ1n) is 5.41. The molecule has 14 heavy (non-hydrogen) atoms. The van der Waals surface area contributed by atoms with Crippen LogP contribution in [0.4, 0.5) is 0 Å². The molecule has 1 saturated heterocycles. The fourth-order valence-corrected chi connectivity index (χ4v) is 2.30. The van der Waals surface area contributed by atoms with Gasteiger partial charge in [-0.1, -0.05) is 13.8 Å². The minimum Gasteiger partial charge on any atom is -0.331 e. The number of aromatic nitrogens is 2. The van der Waals surface area contributed by atoms with Crippen LogP contribution in [0.2, 0.25) is 0 Å². The summed E-state index contributed by atoms with van der Waals surface area (Å²) in [6.45, 7) is 6.92. The van der Waals surface area contributed by atoms with Gasteiger partial charge in [-0.3, -0.25) is 0 Å². The molecule has 1 aliphatic carbocycles. The van der Waals surface area contributed by atoms with Gasteiger partial charge in [0.1, 0.15) is 0 Å². The van der Waals surface area contributed by atoms with Crippen molar-refractivity contribution in [3.63, 3.8) is 0 Å². The molecule has 0 radical (unpaired) electrons.